The third kappa shape index (κ3) is 36.8. The lowest BCUT2D eigenvalue weighted by Gasteiger charge is -2.22. The molecule has 0 radical (unpaired) electrons. The highest BCUT2D eigenvalue weighted by molar-refractivity contribution is 5.80. The largest absolute Gasteiger partial charge is 0.481 e. The molecule has 0 aromatic carbocycles. The van der Waals surface area contributed by atoms with Crippen molar-refractivity contribution in [3.63, 3.8) is 0 Å². The number of aliphatic hydroxyl groups is 4. The van der Waals surface area contributed by atoms with Gasteiger partial charge in [-0.1, -0.05) is 0 Å². The lowest BCUT2D eigenvalue weighted by molar-refractivity contribution is -0.141. The Morgan fingerprint density at radius 1 is 0.625 bits per heavy atom. The first-order chi connectivity index (χ1) is 10.6. The normalized spacial score (nSPS) is 13.7. The van der Waals surface area contributed by atoms with Gasteiger partial charge in [0, 0.05) is 20.8 Å². The summed E-state index contributed by atoms with van der Waals surface area (Å²) < 4.78 is 0. The Morgan fingerprint density at radius 2 is 0.833 bits per heavy atom. The molecule has 0 aliphatic heterocycles. The fraction of sp³-hybridized carbons (Fsp3) is 0.692. The highest BCUT2D eigenvalue weighted by Gasteiger charge is 2.30. The van der Waals surface area contributed by atoms with Gasteiger partial charge in [-0.25, -0.2) is 0 Å². The van der Waals surface area contributed by atoms with Crippen LogP contribution in [-0.4, -0.2) is 83.9 Å². The van der Waals surface area contributed by atoms with E-state index in [-0.39, 0.29) is 0 Å². The van der Waals surface area contributed by atoms with Gasteiger partial charge in [0.1, 0.15) is 18.3 Å². The number of hydrogen-bond donors (Lipinski definition) is 7. The molecule has 144 valence electrons. The van der Waals surface area contributed by atoms with E-state index < -0.39 is 48.1 Å². The zero-order chi connectivity index (χ0) is 20.6. The zero-order valence-electron chi connectivity index (χ0n) is 14.1. The van der Waals surface area contributed by atoms with E-state index >= 15 is 0 Å². The van der Waals surface area contributed by atoms with Crippen molar-refractivity contribution in [1.29, 1.82) is 0 Å². The first-order valence-electron chi connectivity index (χ1n) is 6.39. The summed E-state index contributed by atoms with van der Waals surface area (Å²) in [5.41, 5.74) is 0. The summed E-state index contributed by atoms with van der Waals surface area (Å²) in [6.07, 6.45) is -5.98. The Labute approximate surface area is 138 Å². The van der Waals surface area contributed by atoms with Gasteiger partial charge in [-0.3, -0.25) is 19.2 Å². The summed E-state index contributed by atoms with van der Waals surface area (Å²) in [4.78, 5) is 37.5. The van der Waals surface area contributed by atoms with Crippen molar-refractivity contribution in [1.82, 2.24) is 0 Å². The SMILES string of the molecule is CC(=O)O.CC(=O)O.CC(=O)O.CC(=O)[C@@H](O)[C@H](O)[C@H](O)[C@H](C)O. The Morgan fingerprint density at radius 3 is 0.958 bits per heavy atom. The van der Waals surface area contributed by atoms with E-state index in [2.05, 4.69) is 0 Å². The molecule has 11 heteroatoms. The van der Waals surface area contributed by atoms with Crippen LogP contribution < -0.4 is 0 Å². The van der Waals surface area contributed by atoms with E-state index in [4.69, 9.17) is 50.1 Å². The van der Waals surface area contributed by atoms with Crippen molar-refractivity contribution in [2.75, 3.05) is 0 Å². The lowest BCUT2D eigenvalue weighted by atomic mass is 10.0. The molecule has 0 saturated heterocycles. The fourth-order valence-electron chi connectivity index (χ4n) is 0.713. The number of ketones is 1. The minimum Gasteiger partial charge on any atom is -0.481 e. The van der Waals surface area contributed by atoms with Crippen LogP contribution in [0.4, 0.5) is 0 Å². The summed E-state index contributed by atoms with van der Waals surface area (Å²) in [5, 5.41) is 58.0. The molecule has 0 rings (SSSR count). The average Bonchev–Trinajstić information content (AvgIpc) is 2.33. The number of aliphatic hydroxyl groups excluding tert-OH is 4. The number of Topliss-reactive ketones (excluding diaryl/α,β-unsaturated/α-hetero) is 1. The Balaban J connectivity index is -0.000000137. The molecule has 0 spiro atoms. The van der Waals surface area contributed by atoms with Gasteiger partial charge in [0.2, 0.25) is 0 Å². The molecule has 4 atom stereocenters. The van der Waals surface area contributed by atoms with Gasteiger partial charge in [-0.15, -0.1) is 0 Å². The first kappa shape index (κ1) is 29.9. The van der Waals surface area contributed by atoms with E-state index in [1.54, 1.807) is 0 Å². The van der Waals surface area contributed by atoms with E-state index in [9.17, 15) is 4.79 Å². The predicted molar refractivity (Wildman–Crippen MR) is 80.3 cm³/mol. The molecule has 0 aliphatic rings. The molecule has 0 fully saturated rings. The highest BCUT2D eigenvalue weighted by Crippen LogP contribution is 2.05. The topological polar surface area (TPSA) is 210 Å². The van der Waals surface area contributed by atoms with Gasteiger partial charge in [-0.05, 0) is 13.8 Å². The van der Waals surface area contributed by atoms with E-state index in [1.807, 2.05) is 0 Å². The van der Waals surface area contributed by atoms with Crippen molar-refractivity contribution in [2.24, 2.45) is 0 Å². The molecule has 0 aromatic heterocycles. The molecule has 7 N–H and O–H groups in total. The second-order valence-electron chi connectivity index (χ2n) is 4.33. The quantitative estimate of drug-likeness (QED) is 0.301. The van der Waals surface area contributed by atoms with E-state index in [0.717, 1.165) is 27.7 Å². The summed E-state index contributed by atoms with van der Waals surface area (Å²) in [6, 6.07) is 0. The monoisotopic (exact) mass is 358 g/mol. The molecule has 0 amide bonds. The van der Waals surface area contributed by atoms with Crippen molar-refractivity contribution < 1.29 is 54.9 Å². The van der Waals surface area contributed by atoms with Gasteiger partial charge in [0.15, 0.2) is 5.78 Å². The maximum absolute atomic E-state index is 10.5. The molecule has 11 nitrogen and oxygen atoms in total. The lowest BCUT2D eigenvalue weighted by Crippen LogP contribution is -2.46. The van der Waals surface area contributed by atoms with Gasteiger partial charge in [-0.2, -0.15) is 0 Å². The molecular weight excluding hydrogens is 332 g/mol. The molecule has 0 saturated carbocycles. The van der Waals surface area contributed by atoms with Crippen LogP contribution in [0.15, 0.2) is 0 Å². The number of carboxylic acid groups (broad SMARTS) is 3. The second kappa shape index (κ2) is 17.3. The molecular formula is C13H26O11. The van der Waals surface area contributed by atoms with Gasteiger partial charge in [0.25, 0.3) is 17.9 Å². The molecule has 0 heterocycles. The number of rotatable bonds is 4. The fourth-order valence-corrected chi connectivity index (χ4v) is 0.713. The first-order valence-corrected chi connectivity index (χ1v) is 6.39. The standard InChI is InChI=1S/C7H14O5.3C2H4O2/c1-3(8)5(10)7(12)6(11)4(2)9;3*1-2(3)4/h3,5-8,10-12H,1-2H3;3*1H3,(H,3,4)/t3-,5+,6+,7+;;;/m0.../s1. The Kier molecular flexibility index (Phi) is 21.5. The number of carbonyl (C=O) groups is 4. The number of carbonyl (C=O) groups excluding carboxylic acids is 1. The van der Waals surface area contributed by atoms with Crippen molar-refractivity contribution in [2.45, 2.75) is 59.0 Å². The number of carboxylic acids is 3. The molecule has 0 unspecified atom stereocenters. The Hall–Kier alpha value is -2.08. The number of aliphatic carboxylic acids is 3. The average molecular weight is 358 g/mol. The molecule has 0 aromatic rings. The maximum atomic E-state index is 10.5. The number of hydrogen-bond acceptors (Lipinski definition) is 8. The molecule has 24 heavy (non-hydrogen) atoms. The minimum absolute atomic E-state index is 0.651. The van der Waals surface area contributed by atoms with Crippen LogP contribution in [0.5, 0.6) is 0 Å². The zero-order valence-corrected chi connectivity index (χ0v) is 14.1. The highest BCUT2D eigenvalue weighted by atomic mass is 16.4. The van der Waals surface area contributed by atoms with Gasteiger partial charge >= 0.3 is 0 Å². The van der Waals surface area contributed by atoms with Crippen LogP contribution in [0.2, 0.25) is 0 Å². The van der Waals surface area contributed by atoms with Crippen molar-refractivity contribution in [3.05, 3.63) is 0 Å². The van der Waals surface area contributed by atoms with Crippen LogP contribution in [-0.2, 0) is 19.2 Å². The molecule has 0 aliphatic carbocycles. The van der Waals surface area contributed by atoms with Crippen molar-refractivity contribution >= 4 is 23.7 Å². The minimum atomic E-state index is -1.64. The van der Waals surface area contributed by atoms with E-state index in [1.165, 1.54) is 6.92 Å². The Bertz CT molecular complexity index is 338. The van der Waals surface area contributed by atoms with Crippen LogP contribution in [0.1, 0.15) is 34.6 Å². The van der Waals surface area contributed by atoms with Gasteiger partial charge < -0.3 is 35.7 Å². The third-order valence-electron chi connectivity index (χ3n) is 1.58. The summed E-state index contributed by atoms with van der Waals surface area (Å²) in [5.74, 6) is -3.15. The third-order valence-corrected chi connectivity index (χ3v) is 1.58. The van der Waals surface area contributed by atoms with Crippen LogP contribution in [0.25, 0.3) is 0 Å². The smallest absolute Gasteiger partial charge is 0.300 e. The molecule has 0 bridgehead atoms. The summed E-state index contributed by atoms with van der Waals surface area (Å²) >= 11 is 0. The summed E-state index contributed by atoms with van der Waals surface area (Å²) in [6.45, 7) is 5.59. The van der Waals surface area contributed by atoms with Crippen LogP contribution >= 0.6 is 0 Å². The maximum Gasteiger partial charge on any atom is 0.300 e. The summed E-state index contributed by atoms with van der Waals surface area (Å²) in [7, 11) is 0. The van der Waals surface area contributed by atoms with Crippen LogP contribution in [0.3, 0.4) is 0 Å². The van der Waals surface area contributed by atoms with Crippen molar-refractivity contribution in [3.8, 4) is 0 Å². The van der Waals surface area contributed by atoms with E-state index in [0.29, 0.717) is 0 Å². The second-order valence-corrected chi connectivity index (χ2v) is 4.33. The predicted octanol–water partition coefficient (Wildman–Crippen LogP) is -1.69. The van der Waals surface area contributed by atoms with Crippen LogP contribution in [0, 0.1) is 0 Å². The van der Waals surface area contributed by atoms with Gasteiger partial charge in [0.05, 0.1) is 6.10 Å².